The number of nitrogens with zero attached hydrogens (tertiary/aromatic N) is 2. The highest BCUT2D eigenvalue weighted by molar-refractivity contribution is 9.10. The van der Waals surface area contributed by atoms with Gasteiger partial charge in [-0.1, -0.05) is 12.1 Å². The van der Waals surface area contributed by atoms with Crippen LogP contribution in [0.3, 0.4) is 0 Å². The summed E-state index contributed by atoms with van der Waals surface area (Å²) in [7, 11) is 0. The van der Waals surface area contributed by atoms with Crippen LogP contribution in [0, 0.1) is 0 Å². The molecule has 0 bridgehead atoms. The Kier molecular flexibility index (Phi) is 4.50. The van der Waals surface area contributed by atoms with Crippen molar-refractivity contribution in [3.05, 3.63) is 41.0 Å². The molecule has 2 aromatic rings. The van der Waals surface area contributed by atoms with Crippen LogP contribution in [-0.2, 0) is 6.54 Å². The quantitative estimate of drug-likeness (QED) is 0.680. The third-order valence-electron chi connectivity index (χ3n) is 2.29. The van der Waals surface area contributed by atoms with Crippen molar-refractivity contribution < 1.29 is 0 Å². The molecule has 0 unspecified atom stereocenters. The van der Waals surface area contributed by atoms with E-state index in [1.165, 1.54) is 4.90 Å². The van der Waals surface area contributed by atoms with E-state index in [0.717, 1.165) is 23.2 Å². The monoisotopic (exact) mass is 311 g/mol. The summed E-state index contributed by atoms with van der Waals surface area (Å²) in [5.41, 5.74) is 5.55. The maximum atomic E-state index is 5.55. The minimum atomic E-state index is 0.587. The van der Waals surface area contributed by atoms with Gasteiger partial charge in [0.05, 0.1) is 0 Å². The number of nitrogen functional groups attached to an aromatic ring is 1. The smallest absolute Gasteiger partial charge is 0.145 e. The Labute approximate surface area is 114 Å². The van der Waals surface area contributed by atoms with Crippen LogP contribution >= 0.6 is 27.7 Å². The van der Waals surface area contributed by atoms with Gasteiger partial charge in [-0.3, -0.25) is 4.68 Å². The van der Waals surface area contributed by atoms with Crippen molar-refractivity contribution in [2.75, 3.05) is 11.5 Å². The average molecular weight is 312 g/mol. The topological polar surface area (TPSA) is 43.8 Å². The molecule has 2 N–H and O–H groups in total. The molecule has 1 aromatic heterocycles. The highest BCUT2D eigenvalue weighted by atomic mass is 79.9. The zero-order valence-electron chi connectivity index (χ0n) is 9.34. The highest BCUT2D eigenvalue weighted by Crippen LogP contribution is 2.27. The molecule has 0 aliphatic heterocycles. The van der Waals surface area contributed by atoms with Gasteiger partial charge in [0.1, 0.15) is 5.82 Å². The van der Waals surface area contributed by atoms with E-state index in [-0.39, 0.29) is 0 Å². The fourth-order valence-corrected chi connectivity index (χ4v) is 2.97. The van der Waals surface area contributed by atoms with Gasteiger partial charge in [0, 0.05) is 22.1 Å². The van der Waals surface area contributed by atoms with Crippen LogP contribution < -0.4 is 5.73 Å². The molecule has 17 heavy (non-hydrogen) atoms. The van der Waals surface area contributed by atoms with Gasteiger partial charge in [-0.05, 0) is 46.3 Å². The van der Waals surface area contributed by atoms with E-state index in [9.17, 15) is 0 Å². The molecule has 2 rings (SSSR count). The fraction of sp³-hybridized carbons (Fsp3) is 0.250. The molecule has 0 amide bonds. The number of halogens is 1. The summed E-state index contributed by atoms with van der Waals surface area (Å²) in [4.78, 5) is 1.28. The Balaban J connectivity index is 1.75. The summed E-state index contributed by atoms with van der Waals surface area (Å²) < 4.78 is 3.05. The van der Waals surface area contributed by atoms with Crippen molar-refractivity contribution >= 4 is 33.5 Å². The Morgan fingerprint density at radius 3 is 2.82 bits per heavy atom. The van der Waals surface area contributed by atoms with Crippen LogP contribution in [0.5, 0.6) is 0 Å². The number of nitrogens with two attached hydrogens (primary N) is 1. The Hall–Kier alpha value is -0.940. The van der Waals surface area contributed by atoms with Gasteiger partial charge >= 0.3 is 0 Å². The summed E-state index contributed by atoms with van der Waals surface area (Å²) in [6, 6.07) is 10.1. The zero-order chi connectivity index (χ0) is 12.1. The van der Waals surface area contributed by atoms with E-state index in [4.69, 9.17) is 5.73 Å². The number of hydrogen-bond donors (Lipinski definition) is 1. The van der Waals surface area contributed by atoms with Gasteiger partial charge in [0.25, 0.3) is 0 Å². The number of benzene rings is 1. The molecule has 0 saturated heterocycles. The van der Waals surface area contributed by atoms with Gasteiger partial charge in [-0.25, -0.2) is 0 Å². The maximum absolute atomic E-state index is 5.55. The average Bonchev–Trinajstić information content (AvgIpc) is 2.73. The van der Waals surface area contributed by atoms with Crippen molar-refractivity contribution in [1.82, 2.24) is 9.78 Å². The number of hydrogen-bond acceptors (Lipinski definition) is 3. The molecule has 1 heterocycles. The minimum absolute atomic E-state index is 0.587. The number of rotatable bonds is 5. The van der Waals surface area contributed by atoms with Gasteiger partial charge < -0.3 is 5.73 Å². The predicted molar refractivity (Wildman–Crippen MR) is 76.1 cm³/mol. The molecular weight excluding hydrogens is 298 g/mol. The largest absolute Gasteiger partial charge is 0.382 e. The maximum Gasteiger partial charge on any atom is 0.145 e. The van der Waals surface area contributed by atoms with Crippen LogP contribution in [0.15, 0.2) is 45.9 Å². The molecule has 5 heteroatoms. The van der Waals surface area contributed by atoms with Crippen molar-refractivity contribution in [3.8, 4) is 0 Å². The normalized spacial score (nSPS) is 10.6. The van der Waals surface area contributed by atoms with Crippen molar-refractivity contribution in [1.29, 1.82) is 0 Å². The van der Waals surface area contributed by atoms with Crippen molar-refractivity contribution in [3.63, 3.8) is 0 Å². The van der Waals surface area contributed by atoms with Gasteiger partial charge in [-0.2, -0.15) is 5.10 Å². The third kappa shape index (κ3) is 3.78. The van der Waals surface area contributed by atoms with Gasteiger partial charge in [0.15, 0.2) is 0 Å². The first-order chi connectivity index (χ1) is 8.25. The molecule has 0 aliphatic carbocycles. The number of aromatic nitrogens is 2. The highest BCUT2D eigenvalue weighted by Gasteiger charge is 1.99. The van der Waals surface area contributed by atoms with Crippen LogP contribution in [-0.4, -0.2) is 15.5 Å². The molecule has 0 atom stereocenters. The zero-order valence-corrected chi connectivity index (χ0v) is 11.7. The van der Waals surface area contributed by atoms with Gasteiger partial charge in [0.2, 0.25) is 0 Å². The van der Waals surface area contributed by atoms with E-state index in [2.05, 4.69) is 39.2 Å². The number of aryl methyl sites for hydroxylation is 1. The molecule has 90 valence electrons. The Bertz CT molecular complexity index is 484. The lowest BCUT2D eigenvalue weighted by atomic mass is 10.4. The van der Waals surface area contributed by atoms with Crippen LogP contribution in [0.2, 0.25) is 0 Å². The van der Waals surface area contributed by atoms with Gasteiger partial charge in [-0.15, -0.1) is 11.8 Å². The second kappa shape index (κ2) is 6.12. The standard InChI is InChI=1S/C12H14BrN3S/c13-10-4-1-2-5-11(10)17-9-3-7-16-8-6-12(14)15-16/h1-2,4-6,8H,3,7,9H2,(H2,14,15). The molecule has 0 aliphatic rings. The summed E-state index contributed by atoms with van der Waals surface area (Å²) in [6.07, 6.45) is 2.99. The van der Waals surface area contributed by atoms with E-state index in [1.807, 2.05) is 34.8 Å². The van der Waals surface area contributed by atoms with Crippen molar-refractivity contribution in [2.24, 2.45) is 0 Å². The second-order valence-corrected chi connectivity index (χ2v) is 5.63. The second-order valence-electron chi connectivity index (χ2n) is 3.64. The van der Waals surface area contributed by atoms with E-state index < -0.39 is 0 Å². The van der Waals surface area contributed by atoms with Crippen LogP contribution in [0.25, 0.3) is 0 Å². The molecule has 3 nitrogen and oxygen atoms in total. The molecule has 0 spiro atoms. The molecule has 0 fully saturated rings. The molecule has 0 saturated carbocycles. The van der Waals surface area contributed by atoms with Crippen LogP contribution in [0.1, 0.15) is 6.42 Å². The number of anilines is 1. The number of thioether (sulfide) groups is 1. The fourth-order valence-electron chi connectivity index (χ4n) is 1.47. The Morgan fingerprint density at radius 1 is 1.29 bits per heavy atom. The van der Waals surface area contributed by atoms with E-state index in [1.54, 1.807) is 0 Å². The SMILES string of the molecule is Nc1ccn(CCCSc2ccccc2Br)n1. The minimum Gasteiger partial charge on any atom is -0.382 e. The first-order valence-corrected chi connectivity index (χ1v) is 7.20. The van der Waals surface area contributed by atoms with Crippen molar-refractivity contribution in [2.45, 2.75) is 17.9 Å². The predicted octanol–water partition coefficient (Wildman–Crippen LogP) is 3.41. The van der Waals surface area contributed by atoms with Crippen LogP contribution in [0.4, 0.5) is 5.82 Å². The summed E-state index contributed by atoms with van der Waals surface area (Å²) in [5.74, 6) is 1.66. The lowest BCUT2D eigenvalue weighted by Crippen LogP contribution is -2.00. The molecule has 1 aromatic carbocycles. The third-order valence-corrected chi connectivity index (χ3v) is 4.40. The first kappa shape index (κ1) is 12.5. The van der Waals surface area contributed by atoms with E-state index >= 15 is 0 Å². The summed E-state index contributed by atoms with van der Waals surface area (Å²) >= 11 is 5.40. The summed E-state index contributed by atoms with van der Waals surface area (Å²) in [5, 5.41) is 4.15. The summed E-state index contributed by atoms with van der Waals surface area (Å²) in [6.45, 7) is 0.911. The first-order valence-electron chi connectivity index (χ1n) is 5.42. The lowest BCUT2D eigenvalue weighted by molar-refractivity contribution is 0.608. The molecular formula is C12H14BrN3S. The molecule has 0 radical (unpaired) electrons. The van der Waals surface area contributed by atoms with E-state index in [0.29, 0.717) is 5.82 Å². The Morgan fingerprint density at radius 2 is 2.12 bits per heavy atom. The lowest BCUT2D eigenvalue weighted by Gasteiger charge is -2.04.